The highest BCUT2D eigenvalue weighted by atomic mass is 16.1. The smallest absolute Gasteiger partial charge is 0.274 e. The van der Waals surface area contributed by atoms with E-state index in [4.69, 9.17) is 0 Å². The molecular weight excluding hydrogens is 264 g/mol. The number of benzene rings is 1. The van der Waals surface area contributed by atoms with E-state index in [0.717, 1.165) is 16.6 Å². The number of hydrogen-bond donors (Lipinski definition) is 1. The predicted octanol–water partition coefficient (Wildman–Crippen LogP) is 2.84. The summed E-state index contributed by atoms with van der Waals surface area (Å²) in [5.41, 5.74) is 4.73. The van der Waals surface area contributed by atoms with Crippen LogP contribution in [0.1, 0.15) is 21.7 Å². The monoisotopic (exact) mass is 280 g/mol. The van der Waals surface area contributed by atoms with Gasteiger partial charge < -0.3 is 9.88 Å². The van der Waals surface area contributed by atoms with Gasteiger partial charge >= 0.3 is 0 Å². The van der Waals surface area contributed by atoms with Crippen molar-refractivity contribution in [2.75, 3.05) is 5.32 Å². The summed E-state index contributed by atoms with van der Waals surface area (Å²) in [6.45, 7) is 4.18. The number of aromatic nitrogens is 3. The van der Waals surface area contributed by atoms with Crippen LogP contribution in [0.15, 0.2) is 36.8 Å². The first-order valence-electron chi connectivity index (χ1n) is 6.71. The van der Waals surface area contributed by atoms with Gasteiger partial charge in [0, 0.05) is 35.5 Å². The Hall–Kier alpha value is -2.69. The van der Waals surface area contributed by atoms with Gasteiger partial charge in [-0.1, -0.05) is 0 Å². The minimum atomic E-state index is -0.234. The van der Waals surface area contributed by atoms with Crippen LogP contribution in [0.4, 0.5) is 5.69 Å². The van der Waals surface area contributed by atoms with Crippen molar-refractivity contribution in [3.05, 3.63) is 53.7 Å². The van der Waals surface area contributed by atoms with E-state index in [0.29, 0.717) is 5.69 Å². The molecule has 0 saturated carbocycles. The summed E-state index contributed by atoms with van der Waals surface area (Å²) in [4.78, 5) is 19.9. The Kier molecular flexibility index (Phi) is 3.17. The number of fused-ring (bicyclic) bond motifs is 1. The second-order valence-electron chi connectivity index (χ2n) is 5.05. The fourth-order valence-corrected chi connectivity index (χ4v) is 2.45. The number of aryl methyl sites for hydroxylation is 2. The Bertz CT molecular complexity index is 821. The van der Waals surface area contributed by atoms with E-state index in [1.165, 1.54) is 17.6 Å². The van der Waals surface area contributed by atoms with Gasteiger partial charge in [0.05, 0.1) is 0 Å². The number of rotatable bonds is 2. The molecule has 0 aliphatic rings. The van der Waals surface area contributed by atoms with Gasteiger partial charge in [0.2, 0.25) is 0 Å². The molecule has 1 N–H and O–H groups in total. The van der Waals surface area contributed by atoms with E-state index < -0.39 is 0 Å². The molecule has 0 aliphatic heterocycles. The first-order chi connectivity index (χ1) is 10.1. The zero-order valence-electron chi connectivity index (χ0n) is 12.2. The maximum atomic E-state index is 12.1. The highest BCUT2D eigenvalue weighted by Gasteiger charge is 2.11. The zero-order chi connectivity index (χ0) is 15.0. The SMILES string of the molecule is Cc1c(C)n(C)c2ccc(NC(=O)c3ccncn3)cc12. The minimum absolute atomic E-state index is 0.234. The van der Waals surface area contributed by atoms with E-state index in [2.05, 4.69) is 33.7 Å². The van der Waals surface area contributed by atoms with Gasteiger partial charge in [0.15, 0.2) is 0 Å². The summed E-state index contributed by atoms with van der Waals surface area (Å²) >= 11 is 0. The molecule has 0 radical (unpaired) electrons. The summed E-state index contributed by atoms with van der Waals surface area (Å²) in [6, 6.07) is 7.51. The van der Waals surface area contributed by atoms with E-state index in [1.54, 1.807) is 12.3 Å². The number of nitrogens with one attached hydrogen (secondary N) is 1. The fourth-order valence-electron chi connectivity index (χ4n) is 2.45. The second-order valence-corrected chi connectivity index (χ2v) is 5.05. The lowest BCUT2D eigenvalue weighted by Crippen LogP contribution is -2.13. The quantitative estimate of drug-likeness (QED) is 0.785. The average Bonchev–Trinajstić information content (AvgIpc) is 2.73. The lowest BCUT2D eigenvalue weighted by atomic mass is 10.1. The van der Waals surface area contributed by atoms with Gasteiger partial charge in [-0.25, -0.2) is 9.97 Å². The molecule has 21 heavy (non-hydrogen) atoms. The molecule has 0 aliphatic carbocycles. The fraction of sp³-hybridized carbons (Fsp3) is 0.188. The molecule has 0 atom stereocenters. The van der Waals surface area contributed by atoms with Crippen molar-refractivity contribution < 1.29 is 4.79 Å². The summed E-state index contributed by atoms with van der Waals surface area (Å²) < 4.78 is 2.15. The molecule has 0 fully saturated rings. The maximum Gasteiger partial charge on any atom is 0.274 e. The van der Waals surface area contributed by atoms with E-state index in [1.807, 2.05) is 25.2 Å². The number of amides is 1. The van der Waals surface area contributed by atoms with Crippen molar-refractivity contribution in [1.82, 2.24) is 14.5 Å². The van der Waals surface area contributed by atoms with Gasteiger partial charge in [-0.05, 0) is 43.7 Å². The highest BCUT2D eigenvalue weighted by Crippen LogP contribution is 2.27. The summed E-state index contributed by atoms with van der Waals surface area (Å²) in [7, 11) is 2.05. The molecule has 0 spiro atoms. The molecule has 1 aromatic carbocycles. The third-order valence-corrected chi connectivity index (χ3v) is 3.88. The molecule has 106 valence electrons. The number of carbonyl (C=O) groups excluding carboxylic acids is 1. The molecular formula is C16H16N4O. The second kappa shape index (κ2) is 5.01. The summed E-state index contributed by atoms with van der Waals surface area (Å²) in [5.74, 6) is -0.234. The first kappa shape index (κ1) is 13.3. The largest absolute Gasteiger partial charge is 0.348 e. The Labute approximate surface area is 122 Å². The van der Waals surface area contributed by atoms with Gasteiger partial charge in [-0.3, -0.25) is 4.79 Å². The number of anilines is 1. The van der Waals surface area contributed by atoms with Crippen LogP contribution < -0.4 is 5.32 Å². The van der Waals surface area contributed by atoms with Gasteiger partial charge in [0.25, 0.3) is 5.91 Å². The molecule has 2 aromatic heterocycles. The summed E-state index contributed by atoms with van der Waals surface area (Å²) in [5, 5.41) is 4.02. The molecule has 3 rings (SSSR count). The third-order valence-electron chi connectivity index (χ3n) is 3.88. The minimum Gasteiger partial charge on any atom is -0.348 e. The summed E-state index contributed by atoms with van der Waals surface area (Å²) in [6.07, 6.45) is 2.92. The van der Waals surface area contributed by atoms with Gasteiger partial charge in [-0.15, -0.1) is 0 Å². The van der Waals surface area contributed by atoms with E-state index in [-0.39, 0.29) is 5.91 Å². The Balaban J connectivity index is 1.95. The Morgan fingerprint density at radius 1 is 1.24 bits per heavy atom. The normalized spacial score (nSPS) is 10.8. The highest BCUT2D eigenvalue weighted by molar-refractivity contribution is 6.04. The number of nitrogens with zero attached hydrogens (tertiary/aromatic N) is 3. The van der Waals surface area contributed by atoms with Crippen LogP contribution in [0.3, 0.4) is 0 Å². The van der Waals surface area contributed by atoms with E-state index in [9.17, 15) is 4.79 Å². The van der Waals surface area contributed by atoms with E-state index >= 15 is 0 Å². The van der Waals surface area contributed by atoms with Crippen LogP contribution >= 0.6 is 0 Å². The van der Waals surface area contributed by atoms with Crippen LogP contribution in [0.25, 0.3) is 10.9 Å². The van der Waals surface area contributed by atoms with Crippen molar-refractivity contribution in [2.24, 2.45) is 7.05 Å². The lowest BCUT2D eigenvalue weighted by Gasteiger charge is -2.05. The predicted molar refractivity (Wildman–Crippen MR) is 82.4 cm³/mol. The average molecular weight is 280 g/mol. The van der Waals surface area contributed by atoms with Crippen LogP contribution in [-0.4, -0.2) is 20.4 Å². The molecule has 0 bridgehead atoms. The topological polar surface area (TPSA) is 59.8 Å². The number of hydrogen-bond acceptors (Lipinski definition) is 3. The standard InChI is InChI=1S/C16H16N4O/c1-10-11(2)20(3)15-5-4-12(8-13(10)15)19-16(21)14-6-7-17-9-18-14/h4-9H,1-3H3,(H,19,21). The molecule has 2 heterocycles. The molecule has 3 aromatic rings. The lowest BCUT2D eigenvalue weighted by molar-refractivity contribution is 0.102. The third kappa shape index (κ3) is 2.27. The van der Waals surface area contributed by atoms with Crippen molar-refractivity contribution in [3.8, 4) is 0 Å². The van der Waals surface area contributed by atoms with Crippen molar-refractivity contribution in [2.45, 2.75) is 13.8 Å². The van der Waals surface area contributed by atoms with Crippen LogP contribution in [0, 0.1) is 13.8 Å². The Morgan fingerprint density at radius 3 is 2.76 bits per heavy atom. The van der Waals surface area contributed by atoms with Crippen molar-refractivity contribution in [3.63, 3.8) is 0 Å². The molecule has 0 unspecified atom stereocenters. The molecule has 0 saturated heterocycles. The zero-order valence-corrected chi connectivity index (χ0v) is 12.2. The molecule has 5 heteroatoms. The van der Waals surface area contributed by atoms with Gasteiger partial charge in [-0.2, -0.15) is 0 Å². The maximum absolute atomic E-state index is 12.1. The van der Waals surface area contributed by atoms with Crippen LogP contribution in [0.2, 0.25) is 0 Å². The first-order valence-corrected chi connectivity index (χ1v) is 6.71. The van der Waals surface area contributed by atoms with Crippen LogP contribution in [-0.2, 0) is 7.05 Å². The van der Waals surface area contributed by atoms with Gasteiger partial charge in [0.1, 0.15) is 12.0 Å². The van der Waals surface area contributed by atoms with Crippen LogP contribution in [0.5, 0.6) is 0 Å². The van der Waals surface area contributed by atoms with Crippen molar-refractivity contribution in [1.29, 1.82) is 0 Å². The van der Waals surface area contributed by atoms with Crippen molar-refractivity contribution >= 4 is 22.5 Å². The molecule has 5 nitrogen and oxygen atoms in total. The molecule has 1 amide bonds. The number of carbonyl (C=O) groups is 1. The Morgan fingerprint density at radius 2 is 2.05 bits per heavy atom.